The molecule has 0 fully saturated rings. The summed E-state index contributed by atoms with van der Waals surface area (Å²) in [5.74, 6) is -1.69. The molecule has 0 saturated heterocycles. The summed E-state index contributed by atoms with van der Waals surface area (Å²) < 4.78 is 22.0. The molecule has 16 heavy (non-hydrogen) atoms. The highest BCUT2D eigenvalue weighted by atomic mass is 32.2. The molecule has 96 valence electrons. The van der Waals surface area contributed by atoms with E-state index in [0.717, 1.165) is 12.7 Å². The van der Waals surface area contributed by atoms with Gasteiger partial charge in [0, 0.05) is 12.8 Å². The van der Waals surface area contributed by atoms with Crippen LogP contribution in [-0.4, -0.2) is 44.6 Å². The number of hydrogen-bond acceptors (Lipinski definition) is 4. The van der Waals surface area contributed by atoms with Gasteiger partial charge in [0.15, 0.2) is 0 Å². The topological polar surface area (TPSA) is 83.5 Å². The van der Waals surface area contributed by atoms with Crippen LogP contribution < -0.4 is 5.32 Å². The molecule has 1 atom stereocenters. The molecule has 0 rings (SSSR count). The van der Waals surface area contributed by atoms with Gasteiger partial charge in [0.05, 0.1) is 11.7 Å². The Morgan fingerprint density at radius 2 is 1.94 bits per heavy atom. The molecule has 0 saturated carbocycles. The molecule has 0 aromatic heterocycles. The fraction of sp³-hybridized carbons (Fsp3) is 0.900. The molecule has 1 unspecified atom stereocenters. The lowest BCUT2D eigenvalue weighted by Crippen LogP contribution is -2.34. The van der Waals surface area contributed by atoms with Gasteiger partial charge in [-0.1, -0.05) is 13.8 Å². The summed E-state index contributed by atoms with van der Waals surface area (Å²) in [6.07, 6.45) is 2.00. The zero-order valence-electron chi connectivity index (χ0n) is 10.1. The average Bonchev–Trinajstić information content (AvgIpc) is 2.07. The first-order valence-electron chi connectivity index (χ1n) is 5.33. The van der Waals surface area contributed by atoms with Crippen molar-refractivity contribution in [2.45, 2.75) is 20.3 Å². The Morgan fingerprint density at radius 3 is 2.31 bits per heavy atom. The molecule has 0 aromatic carbocycles. The van der Waals surface area contributed by atoms with Gasteiger partial charge in [-0.2, -0.15) is 0 Å². The molecule has 2 N–H and O–H groups in total. The van der Waals surface area contributed by atoms with Crippen LogP contribution in [0.2, 0.25) is 0 Å². The molecule has 0 amide bonds. The third kappa shape index (κ3) is 8.67. The van der Waals surface area contributed by atoms with Crippen molar-refractivity contribution in [2.24, 2.45) is 11.8 Å². The van der Waals surface area contributed by atoms with E-state index < -0.39 is 21.7 Å². The summed E-state index contributed by atoms with van der Waals surface area (Å²) in [4.78, 5) is 10.8. The van der Waals surface area contributed by atoms with Crippen LogP contribution in [0.15, 0.2) is 0 Å². The van der Waals surface area contributed by atoms with Gasteiger partial charge in [-0.15, -0.1) is 0 Å². The Kier molecular flexibility index (Phi) is 6.59. The summed E-state index contributed by atoms with van der Waals surface area (Å²) >= 11 is 0. The maximum Gasteiger partial charge on any atom is 0.308 e. The molecule has 0 aliphatic rings. The molecule has 5 nitrogen and oxygen atoms in total. The minimum absolute atomic E-state index is 0.203. The van der Waals surface area contributed by atoms with Crippen LogP contribution in [0.4, 0.5) is 0 Å². The first kappa shape index (κ1) is 15.4. The van der Waals surface area contributed by atoms with Gasteiger partial charge < -0.3 is 10.4 Å². The summed E-state index contributed by atoms with van der Waals surface area (Å²) in [5.41, 5.74) is 0. The molecule has 0 aromatic rings. The molecule has 0 aliphatic heterocycles. The fourth-order valence-electron chi connectivity index (χ4n) is 1.25. The number of carboxylic acid groups (broad SMARTS) is 1. The van der Waals surface area contributed by atoms with Crippen LogP contribution >= 0.6 is 0 Å². The predicted molar refractivity (Wildman–Crippen MR) is 63.2 cm³/mol. The minimum atomic E-state index is -3.24. The maximum atomic E-state index is 11.0. The monoisotopic (exact) mass is 251 g/mol. The summed E-state index contributed by atoms with van der Waals surface area (Å²) in [7, 11) is -3.24. The quantitative estimate of drug-likeness (QED) is 0.609. The lowest BCUT2D eigenvalue weighted by atomic mass is 10.1. The summed E-state index contributed by atoms with van der Waals surface area (Å²) in [5, 5.41) is 11.8. The van der Waals surface area contributed by atoms with Crippen LogP contribution in [0.25, 0.3) is 0 Å². The van der Waals surface area contributed by atoms with Gasteiger partial charge in [-0.25, -0.2) is 8.42 Å². The first-order valence-corrected chi connectivity index (χ1v) is 7.39. The van der Waals surface area contributed by atoms with Crippen LogP contribution in [0.1, 0.15) is 20.3 Å². The number of hydrogen-bond donors (Lipinski definition) is 2. The van der Waals surface area contributed by atoms with E-state index in [0.29, 0.717) is 12.5 Å². The second-order valence-electron chi connectivity index (χ2n) is 4.51. The Morgan fingerprint density at radius 1 is 1.38 bits per heavy atom. The standard InChI is InChI=1S/C10H21NO4S/c1-8(2)4-5-11-6-9(10(12)13)7-16(3,14)15/h8-9,11H,4-7H2,1-3H3,(H,12,13). The molecule has 0 spiro atoms. The van der Waals surface area contributed by atoms with E-state index in [1.54, 1.807) is 0 Å². The van der Waals surface area contributed by atoms with Crippen LogP contribution in [0, 0.1) is 11.8 Å². The van der Waals surface area contributed by atoms with E-state index in [4.69, 9.17) is 5.11 Å². The molecule has 6 heteroatoms. The Bertz CT molecular complexity index is 311. The van der Waals surface area contributed by atoms with E-state index in [-0.39, 0.29) is 12.3 Å². The van der Waals surface area contributed by atoms with Gasteiger partial charge in [0.1, 0.15) is 9.84 Å². The van der Waals surface area contributed by atoms with Crippen molar-refractivity contribution in [1.29, 1.82) is 0 Å². The molecule has 0 aliphatic carbocycles. The second-order valence-corrected chi connectivity index (χ2v) is 6.70. The van der Waals surface area contributed by atoms with Crippen molar-refractivity contribution in [3.63, 3.8) is 0 Å². The Balaban J connectivity index is 4.01. The van der Waals surface area contributed by atoms with Crippen molar-refractivity contribution in [3.05, 3.63) is 0 Å². The molecule has 0 heterocycles. The number of aliphatic carboxylic acids is 1. The smallest absolute Gasteiger partial charge is 0.308 e. The van der Waals surface area contributed by atoms with Crippen molar-refractivity contribution in [2.75, 3.05) is 25.1 Å². The van der Waals surface area contributed by atoms with Crippen LogP contribution in [-0.2, 0) is 14.6 Å². The van der Waals surface area contributed by atoms with Crippen LogP contribution in [0.3, 0.4) is 0 Å². The SMILES string of the molecule is CC(C)CCNCC(CS(C)(=O)=O)C(=O)O. The first-order chi connectivity index (χ1) is 7.22. The van der Waals surface area contributed by atoms with Crippen molar-refractivity contribution in [1.82, 2.24) is 5.32 Å². The number of carboxylic acids is 1. The fourth-order valence-corrected chi connectivity index (χ4v) is 2.24. The number of rotatable bonds is 8. The van der Waals surface area contributed by atoms with Crippen LogP contribution in [0.5, 0.6) is 0 Å². The zero-order valence-corrected chi connectivity index (χ0v) is 10.9. The van der Waals surface area contributed by atoms with E-state index in [2.05, 4.69) is 19.2 Å². The largest absolute Gasteiger partial charge is 0.481 e. The van der Waals surface area contributed by atoms with Crippen molar-refractivity contribution < 1.29 is 18.3 Å². The van der Waals surface area contributed by atoms with E-state index in [1.165, 1.54) is 0 Å². The summed E-state index contributed by atoms with van der Waals surface area (Å²) in [6.45, 7) is 5.07. The van der Waals surface area contributed by atoms with E-state index >= 15 is 0 Å². The van der Waals surface area contributed by atoms with E-state index in [1.807, 2.05) is 0 Å². The highest BCUT2D eigenvalue weighted by molar-refractivity contribution is 7.90. The van der Waals surface area contributed by atoms with Gasteiger partial charge in [0.25, 0.3) is 0 Å². The maximum absolute atomic E-state index is 11.0. The lowest BCUT2D eigenvalue weighted by Gasteiger charge is -2.12. The predicted octanol–water partition coefficient (Wildman–Crippen LogP) is 0.368. The normalized spacial score (nSPS) is 14.0. The minimum Gasteiger partial charge on any atom is -0.481 e. The molecular weight excluding hydrogens is 230 g/mol. The van der Waals surface area contributed by atoms with Gasteiger partial charge in [0.2, 0.25) is 0 Å². The average molecular weight is 251 g/mol. The van der Waals surface area contributed by atoms with Gasteiger partial charge in [-0.05, 0) is 18.9 Å². The highest BCUT2D eigenvalue weighted by Gasteiger charge is 2.21. The van der Waals surface area contributed by atoms with E-state index in [9.17, 15) is 13.2 Å². The molecule has 0 bridgehead atoms. The second kappa shape index (κ2) is 6.85. The third-order valence-electron chi connectivity index (χ3n) is 2.14. The Labute approximate surface area is 97.2 Å². The summed E-state index contributed by atoms with van der Waals surface area (Å²) in [6, 6.07) is 0. The zero-order chi connectivity index (χ0) is 12.8. The molecule has 0 radical (unpaired) electrons. The number of nitrogens with one attached hydrogen (secondary N) is 1. The molecular formula is C10H21NO4S. The lowest BCUT2D eigenvalue weighted by molar-refractivity contribution is -0.140. The highest BCUT2D eigenvalue weighted by Crippen LogP contribution is 2.01. The van der Waals surface area contributed by atoms with Gasteiger partial charge in [-0.3, -0.25) is 4.79 Å². The Hall–Kier alpha value is -0.620. The number of carbonyl (C=O) groups is 1. The van der Waals surface area contributed by atoms with Gasteiger partial charge >= 0.3 is 5.97 Å². The number of sulfone groups is 1. The van der Waals surface area contributed by atoms with Crippen molar-refractivity contribution in [3.8, 4) is 0 Å². The van der Waals surface area contributed by atoms with Crippen molar-refractivity contribution >= 4 is 15.8 Å². The third-order valence-corrected chi connectivity index (χ3v) is 3.15.